The molecule has 0 amide bonds. The van der Waals surface area contributed by atoms with Gasteiger partial charge in [-0.1, -0.05) is 17.7 Å². The Morgan fingerprint density at radius 3 is 2.93 bits per heavy atom. The van der Waals surface area contributed by atoms with Gasteiger partial charge in [0.2, 0.25) is 0 Å². The van der Waals surface area contributed by atoms with E-state index in [-0.39, 0.29) is 6.54 Å². The van der Waals surface area contributed by atoms with Gasteiger partial charge < -0.3 is 15.2 Å². The zero-order chi connectivity index (χ0) is 11.0. The Morgan fingerprint density at radius 2 is 2.27 bits per heavy atom. The summed E-state index contributed by atoms with van der Waals surface area (Å²) in [6.45, 7) is 2.09. The third-order valence-electron chi connectivity index (χ3n) is 2.60. The summed E-state index contributed by atoms with van der Waals surface area (Å²) in [5.41, 5.74) is 8.03. The van der Waals surface area contributed by atoms with Gasteiger partial charge in [-0.15, -0.1) is 0 Å². The summed E-state index contributed by atoms with van der Waals surface area (Å²) in [7, 11) is 0. The molecule has 3 nitrogen and oxygen atoms in total. The zero-order valence-corrected chi connectivity index (χ0v) is 9.20. The van der Waals surface area contributed by atoms with E-state index in [2.05, 4.69) is 0 Å². The van der Waals surface area contributed by atoms with Gasteiger partial charge in [0.05, 0.1) is 16.2 Å². The Kier molecular flexibility index (Phi) is 2.69. The maximum Gasteiger partial charge on any atom is 0.107 e. The van der Waals surface area contributed by atoms with Crippen LogP contribution < -0.4 is 5.73 Å². The smallest absolute Gasteiger partial charge is 0.107 e. The number of nitrogens with two attached hydrogens (primary N) is 1. The van der Waals surface area contributed by atoms with Crippen molar-refractivity contribution < 1.29 is 5.11 Å². The summed E-state index contributed by atoms with van der Waals surface area (Å²) in [4.78, 5) is 0. The molecule has 1 atom stereocenters. The fraction of sp³-hybridized carbons (Fsp3) is 0.273. The highest BCUT2D eigenvalue weighted by Crippen LogP contribution is 2.30. The van der Waals surface area contributed by atoms with Crippen LogP contribution in [0, 0.1) is 6.92 Å². The minimum atomic E-state index is -0.674. The van der Waals surface area contributed by atoms with Crippen molar-refractivity contribution in [2.45, 2.75) is 13.0 Å². The van der Waals surface area contributed by atoms with Crippen LogP contribution in [-0.4, -0.2) is 16.1 Å². The van der Waals surface area contributed by atoms with E-state index in [4.69, 9.17) is 17.3 Å². The molecule has 0 bridgehead atoms. The first-order valence-corrected chi connectivity index (χ1v) is 5.17. The van der Waals surface area contributed by atoms with Gasteiger partial charge in [-0.3, -0.25) is 0 Å². The number of aliphatic hydroxyl groups excluding tert-OH is 1. The summed E-state index contributed by atoms with van der Waals surface area (Å²) in [6, 6.07) is 5.73. The highest BCUT2D eigenvalue weighted by molar-refractivity contribution is 6.34. The molecule has 0 fully saturated rings. The average Bonchev–Trinajstić information content (AvgIpc) is 2.52. The van der Waals surface area contributed by atoms with Gasteiger partial charge in [0.15, 0.2) is 0 Å². The third kappa shape index (κ3) is 1.53. The van der Waals surface area contributed by atoms with Gasteiger partial charge in [-0.05, 0) is 24.6 Å². The minimum Gasteiger partial charge on any atom is -0.386 e. The molecule has 4 heteroatoms. The Morgan fingerprint density at radius 1 is 1.53 bits per heavy atom. The summed E-state index contributed by atoms with van der Waals surface area (Å²) in [5.74, 6) is 0. The van der Waals surface area contributed by atoms with E-state index in [0.717, 1.165) is 16.8 Å². The largest absolute Gasteiger partial charge is 0.386 e. The molecule has 15 heavy (non-hydrogen) atoms. The molecule has 1 unspecified atom stereocenters. The predicted octanol–water partition coefficient (Wildman–Crippen LogP) is 1.89. The van der Waals surface area contributed by atoms with Gasteiger partial charge in [0.25, 0.3) is 0 Å². The van der Waals surface area contributed by atoms with Gasteiger partial charge in [-0.25, -0.2) is 0 Å². The Labute approximate surface area is 93.1 Å². The lowest BCUT2D eigenvalue weighted by atomic mass is 10.2. The van der Waals surface area contributed by atoms with E-state index in [1.165, 1.54) is 0 Å². The fourth-order valence-corrected chi connectivity index (χ4v) is 2.09. The van der Waals surface area contributed by atoms with Crippen LogP contribution >= 0.6 is 11.6 Å². The zero-order valence-electron chi connectivity index (χ0n) is 8.44. The number of aliphatic hydroxyl groups is 1. The molecule has 0 aliphatic carbocycles. The molecule has 0 aromatic carbocycles. The van der Waals surface area contributed by atoms with Gasteiger partial charge in [0, 0.05) is 12.7 Å². The first-order valence-electron chi connectivity index (χ1n) is 4.80. The monoisotopic (exact) mass is 224 g/mol. The molecular formula is C11H13ClN2O. The van der Waals surface area contributed by atoms with Crippen molar-refractivity contribution in [2.24, 2.45) is 5.73 Å². The number of fused-ring (bicyclic) bond motifs is 1. The molecule has 2 heterocycles. The topological polar surface area (TPSA) is 50.7 Å². The van der Waals surface area contributed by atoms with E-state index >= 15 is 0 Å². The molecule has 3 N–H and O–H groups in total. The van der Waals surface area contributed by atoms with Crippen LogP contribution in [0.2, 0.25) is 5.02 Å². The Bertz CT molecular complexity index is 493. The lowest BCUT2D eigenvalue weighted by Gasteiger charge is -2.09. The molecular weight excluding hydrogens is 212 g/mol. The second-order valence-corrected chi connectivity index (χ2v) is 3.91. The van der Waals surface area contributed by atoms with Crippen molar-refractivity contribution in [3.05, 3.63) is 40.7 Å². The second-order valence-electron chi connectivity index (χ2n) is 3.53. The highest BCUT2D eigenvalue weighted by Gasteiger charge is 2.18. The van der Waals surface area contributed by atoms with Crippen LogP contribution in [0.5, 0.6) is 0 Å². The number of aromatic nitrogens is 1. The molecule has 0 spiro atoms. The van der Waals surface area contributed by atoms with Gasteiger partial charge in [-0.2, -0.15) is 0 Å². The fourth-order valence-electron chi connectivity index (χ4n) is 1.84. The number of pyridine rings is 1. The van der Waals surface area contributed by atoms with Gasteiger partial charge in [0.1, 0.15) is 6.10 Å². The maximum atomic E-state index is 9.82. The lowest BCUT2D eigenvalue weighted by molar-refractivity contribution is 0.180. The van der Waals surface area contributed by atoms with E-state index in [0.29, 0.717) is 5.02 Å². The molecule has 2 aromatic rings. The van der Waals surface area contributed by atoms with Crippen LogP contribution in [0.3, 0.4) is 0 Å². The standard InChI is InChI=1S/C11H13ClN2O/c1-7-10(12)8-4-2-3-5-14(8)11(7)9(15)6-13/h2-5,9,15H,6,13H2,1H3. The summed E-state index contributed by atoms with van der Waals surface area (Å²) >= 11 is 6.18. The van der Waals surface area contributed by atoms with Crippen LogP contribution in [0.1, 0.15) is 17.4 Å². The van der Waals surface area contributed by atoms with Gasteiger partial charge >= 0.3 is 0 Å². The molecule has 0 aliphatic rings. The normalized spacial score (nSPS) is 13.3. The minimum absolute atomic E-state index is 0.193. The lowest BCUT2D eigenvalue weighted by Crippen LogP contribution is -2.14. The third-order valence-corrected chi connectivity index (χ3v) is 3.07. The molecule has 0 saturated heterocycles. The van der Waals surface area contributed by atoms with Crippen molar-refractivity contribution in [1.82, 2.24) is 4.40 Å². The molecule has 80 valence electrons. The van der Waals surface area contributed by atoms with E-state index in [1.807, 2.05) is 35.7 Å². The van der Waals surface area contributed by atoms with Crippen molar-refractivity contribution >= 4 is 17.1 Å². The second kappa shape index (κ2) is 3.85. The van der Waals surface area contributed by atoms with E-state index < -0.39 is 6.10 Å². The quantitative estimate of drug-likeness (QED) is 0.819. The highest BCUT2D eigenvalue weighted by atomic mass is 35.5. The summed E-state index contributed by atoms with van der Waals surface area (Å²) in [5, 5.41) is 10.5. The first-order chi connectivity index (χ1) is 7.16. The van der Waals surface area contributed by atoms with Crippen LogP contribution in [0.4, 0.5) is 0 Å². The Balaban J connectivity index is 2.77. The molecule has 0 aliphatic heterocycles. The Hall–Kier alpha value is -1.03. The van der Waals surface area contributed by atoms with Crippen molar-refractivity contribution in [1.29, 1.82) is 0 Å². The SMILES string of the molecule is Cc1c(Cl)c2ccccn2c1C(O)CN. The first kappa shape index (κ1) is 10.5. The van der Waals surface area contributed by atoms with E-state index in [9.17, 15) is 5.11 Å². The van der Waals surface area contributed by atoms with E-state index in [1.54, 1.807) is 0 Å². The van der Waals surface area contributed by atoms with Crippen LogP contribution in [-0.2, 0) is 0 Å². The molecule has 0 radical (unpaired) electrons. The average molecular weight is 225 g/mol. The molecule has 0 saturated carbocycles. The van der Waals surface area contributed by atoms with Crippen LogP contribution in [0.25, 0.3) is 5.52 Å². The number of nitrogens with zero attached hydrogens (tertiary/aromatic N) is 1. The van der Waals surface area contributed by atoms with Crippen molar-refractivity contribution in [3.63, 3.8) is 0 Å². The van der Waals surface area contributed by atoms with Crippen molar-refractivity contribution in [3.8, 4) is 0 Å². The number of rotatable bonds is 2. The maximum absolute atomic E-state index is 9.82. The van der Waals surface area contributed by atoms with Crippen molar-refractivity contribution in [2.75, 3.05) is 6.54 Å². The summed E-state index contributed by atoms with van der Waals surface area (Å²) < 4.78 is 1.88. The molecule has 2 aromatic heterocycles. The summed E-state index contributed by atoms with van der Waals surface area (Å²) in [6.07, 6.45) is 1.20. The van der Waals surface area contributed by atoms with Crippen LogP contribution in [0.15, 0.2) is 24.4 Å². The number of halogens is 1. The number of hydrogen-bond acceptors (Lipinski definition) is 2. The molecule has 2 rings (SSSR count). The predicted molar refractivity (Wildman–Crippen MR) is 61.2 cm³/mol. The number of hydrogen-bond donors (Lipinski definition) is 2.